The summed E-state index contributed by atoms with van der Waals surface area (Å²) in [6.45, 7) is 2.77. The molecule has 0 heterocycles. The van der Waals surface area contributed by atoms with Crippen molar-refractivity contribution in [2.24, 2.45) is 0 Å². The van der Waals surface area contributed by atoms with E-state index in [2.05, 4.69) is 5.32 Å². The third-order valence-corrected chi connectivity index (χ3v) is 3.80. The van der Waals surface area contributed by atoms with Gasteiger partial charge in [-0.05, 0) is 24.1 Å². The van der Waals surface area contributed by atoms with Crippen LogP contribution in [0.3, 0.4) is 0 Å². The SMILES string of the molecule is CCCNC(=O)CSCc1ccc(Cl)c(Cl)c1. The van der Waals surface area contributed by atoms with E-state index >= 15 is 0 Å². The molecule has 1 aromatic rings. The average molecular weight is 292 g/mol. The normalized spacial score (nSPS) is 10.3. The summed E-state index contributed by atoms with van der Waals surface area (Å²) in [6, 6.07) is 5.53. The summed E-state index contributed by atoms with van der Waals surface area (Å²) in [4.78, 5) is 11.3. The second-order valence-electron chi connectivity index (χ2n) is 3.59. The van der Waals surface area contributed by atoms with E-state index in [4.69, 9.17) is 23.2 Å². The van der Waals surface area contributed by atoms with Crippen LogP contribution in [-0.4, -0.2) is 18.2 Å². The van der Waals surface area contributed by atoms with Gasteiger partial charge in [-0.3, -0.25) is 4.79 Å². The fourth-order valence-corrected chi connectivity index (χ4v) is 2.33. The molecule has 0 spiro atoms. The Kier molecular flexibility index (Phi) is 6.78. The van der Waals surface area contributed by atoms with E-state index in [0.29, 0.717) is 15.8 Å². The van der Waals surface area contributed by atoms with E-state index in [1.54, 1.807) is 17.8 Å². The molecule has 17 heavy (non-hydrogen) atoms. The number of nitrogens with one attached hydrogen (secondary N) is 1. The van der Waals surface area contributed by atoms with Gasteiger partial charge in [-0.2, -0.15) is 0 Å². The largest absolute Gasteiger partial charge is 0.355 e. The predicted molar refractivity (Wildman–Crippen MR) is 75.9 cm³/mol. The molecule has 0 aliphatic rings. The molecule has 94 valence electrons. The van der Waals surface area contributed by atoms with Crippen LogP contribution in [0, 0.1) is 0 Å². The highest BCUT2D eigenvalue weighted by Crippen LogP contribution is 2.24. The number of carbonyl (C=O) groups is 1. The molecule has 0 saturated heterocycles. The van der Waals surface area contributed by atoms with Crippen LogP contribution in [0.4, 0.5) is 0 Å². The summed E-state index contributed by atoms with van der Waals surface area (Å²) in [5.74, 6) is 1.31. The maximum absolute atomic E-state index is 11.3. The molecule has 2 nitrogen and oxygen atoms in total. The van der Waals surface area contributed by atoms with E-state index < -0.39 is 0 Å². The van der Waals surface area contributed by atoms with Crippen LogP contribution in [0.15, 0.2) is 18.2 Å². The molecule has 1 amide bonds. The van der Waals surface area contributed by atoms with Gasteiger partial charge in [0.05, 0.1) is 15.8 Å². The molecule has 0 aromatic heterocycles. The minimum absolute atomic E-state index is 0.0805. The summed E-state index contributed by atoms with van der Waals surface area (Å²) < 4.78 is 0. The quantitative estimate of drug-likeness (QED) is 0.865. The van der Waals surface area contributed by atoms with Crippen LogP contribution in [0.25, 0.3) is 0 Å². The number of thioether (sulfide) groups is 1. The number of rotatable bonds is 6. The van der Waals surface area contributed by atoms with Gasteiger partial charge >= 0.3 is 0 Å². The van der Waals surface area contributed by atoms with Gasteiger partial charge in [-0.15, -0.1) is 11.8 Å². The molecule has 0 aliphatic carbocycles. The summed E-state index contributed by atoms with van der Waals surface area (Å²) in [6.07, 6.45) is 0.962. The lowest BCUT2D eigenvalue weighted by Gasteiger charge is -2.04. The van der Waals surface area contributed by atoms with Crippen LogP contribution >= 0.6 is 35.0 Å². The molecule has 1 N–H and O–H groups in total. The van der Waals surface area contributed by atoms with Gasteiger partial charge in [0.2, 0.25) is 5.91 Å². The Hall–Kier alpha value is -0.380. The molecule has 0 unspecified atom stereocenters. The fourth-order valence-electron chi connectivity index (χ4n) is 1.21. The number of halogens is 2. The van der Waals surface area contributed by atoms with Gasteiger partial charge in [0.25, 0.3) is 0 Å². The second-order valence-corrected chi connectivity index (χ2v) is 5.39. The number of carbonyl (C=O) groups excluding carboxylic acids is 1. The first-order valence-electron chi connectivity index (χ1n) is 5.42. The number of hydrogen-bond donors (Lipinski definition) is 1. The van der Waals surface area contributed by atoms with Crippen molar-refractivity contribution >= 4 is 40.9 Å². The Morgan fingerprint density at radius 1 is 1.35 bits per heavy atom. The lowest BCUT2D eigenvalue weighted by atomic mass is 10.2. The Bertz CT molecular complexity index is 385. The van der Waals surface area contributed by atoms with E-state index in [1.165, 1.54) is 0 Å². The van der Waals surface area contributed by atoms with E-state index in [1.807, 2.05) is 19.1 Å². The highest BCUT2D eigenvalue weighted by Gasteiger charge is 2.02. The molecule has 0 fully saturated rings. The van der Waals surface area contributed by atoms with E-state index in [-0.39, 0.29) is 5.91 Å². The van der Waals surface area contributed by atoms with Gasteiger partial charge in [-0.25, -0.2) is 0 Å². The lowest BCUT2D eigenvalue weighted by Crippen LogP contribution is -2.25. The first kappa shape index (κ1) is 14.7. The van der Waals surface area contributed by atoms with Gasteiger partial charge in [-0.1, -0.05) is 36.2 Å². The third-order valence-electron chi connectivity index (χ3n) is 2.06. The van der Waals surface area contributed by atoms with E-state index in [9.17, 15) is 4.79 Å². The zero-order valence-electron chi connectivity index (χ0n) is 9.63. The Morgan fingerprint density at radius 3 is 2.76 bits per heavy atom. The van der Waals surface area contributed by atoms with Gasteiger partial charge in [0.15, 0.2) is 0 Å². The molecule has 0 radical (unpaired) electrons. The van der Waals surface area contributed by atoms with Crippen molar-refractivity contribution in [3.63, 3.8) is 0 Å². The zero-order chi connectivity index (χ0) is 12.7. The van der Waals surface area contributed by atoms with Crippen molar-refractivity contribution in [3.8, 4) is 0 Å². The maximum atomic E-state index is 11.3. The molecular weight excluding hydrogens is 277 g/mol. The van der Waals surface area contributed by atoms with Gasteiger partial charge in [0, 0.05) is 12.3 Å². The standard InChI is InChI=1S/C12H15Cl2NOS/c1-2-5-15-12(16)8-17-7-9-3-4-10(13)11(14)6-9/h3-4,6H,2,5,7-8H2,1H3,(H,15,16). The highest BCUT2D eigenvalue weighted by atomic mass is 35.5. The van der Waals surface area contributed by atoms with Gasteiger partial charge < -0.3 is 5.32 Å². The van der Waals surface area contributed by atoms with E-state index in [0.717, 1.165) is 24.3 Å². The minimum Gasteiger partial charge on any atom is -0.355 e. The van der Waals surface area contributed by atoms with Gasteiger partial charge in [0.1, 0.15) is 0 Å². The third kappa shape index (κ3) is 5.66. The molecule has 5 heteroatoms. The summed E-state index contributed by atoms with van der Waals surface area (Å²) in [5.41, 5.74) is 1.08. The van der Waals surface area contributed by atoms with Crippen molar-refractivity contribution in [2.75, 3.05) is 12.3 Å². The van der Waals surface area contributed by atoms with Crippen LogP contribution < -0.4 is 5.32 Å². The number of amides is 1. The predicted octanol–water partition coefficient (Wildman–Crippen LogP) is 3.75. The maximum Gasteiger partial charge on any atom is 0.230 e. The zero-order valence-corrected chi connectivity index (χ0v) is 12.0. The molecule has 0 atom stereocenters. The van der Waals surface area contributed by atoms with Crippen LogP contribution in [0.1, 0.15) is 18.9 Å². The van der Waals surface area contributed by atoms with Crippen molar-refractivity contribution < 1.29 is 4.79 Å². The topological polar surface area (TPSA) is 29.1 Å². The lowest BCUT2D eigenvalue weighted by molar-refractivity contribution is -0.118. The highest BCUT2D eigenvalue weighted by molar-refractivity contribution is 7.99. The van der Waals surface area contributed by atoms with Crippen molar-refractivity contribution in [1.82, 2.24) is 5.32 Å². The summed E-state index contributed by atoms with van der Waals surface area (Å²) >= 11 is 13.3. The smallest absolute Gasteiger partial charge is 0.230 e. The van der Waals surface area contributed by atoms with Crippen molar-refractivity contribution in [1.29, 1.82) is 0 Å². The Balaban J connectivity index is 2.30. The minimum atomic E-state index is 0.0805. The number of benzene rings is 1. The Labute approximate surface area is 116 Å². The van der Waals surface area contributed by atoms with Crippen LogP contribution in [0.5, 0.6) is 0 Å². The van der Waals surface area contributed by atoms with Crippen LogP contribution in [0.2, 0.25) is 10.0 Å². The average Bonchev–Trinajstić information content (AvgIpc) is 2.31. The molecule has 1 rings (SSSR count). The first-order valence-corrected chi connectivity index (χ1v) is 7.33. The summed E-state index contributed by atoms with van der Waals surface area (Å²) in [7, 11) is 0. The molecular formula is C12H15Cl2NOS. The first-order chi connectivity index (χ1) is 8.13. The molecule has 0 bridgehead atoms. The second kappa shape index (κ2) is 7.85. The summed E-state index contributed by atoms with van der Waals surface area (Å²) in [5, 5.41) is 3.94. The number of hydrogen-bond acceptors (Lipinski definition) is 2. The monoisotopic (exact) mass is 291 g/mol. The molecule has 0 aliphatic heterocycles. The Morgan fingerprint density at radius 2 is 2.12 bits per heavy atom. The molecule has 1 aromatic carbocycles. The molecule has 0 saturated carbocycles. The van der Waals surface area contributed by atoms with Crippen LogP contribution in [-0.2, 0) is 10.5 Å². The fraction of sp³-hybridized carbons (Fsp3) is 0.417. The van der Waals surface area contributed by atoms with Crippen molar-refractivity contribution in [2.45, 2.75) is 19.1 Å². The van der Waals surface area contributed by atoms with Crippen molar-refractivity contribution in [3.05, 3.63) is 33.8 Å².